The molecule has 4 aromatic rings. The normalized spacial score (nSPS) is 11.0. The number of hydrogen-bond acceptors (Lipinski definition) is 3. The molecule has 2 heterocycles. The summed E-state index contributed by atoms with van der Waals surface area (Å²) in [7, 11) is 1.66. The second-order valence-corrected chi connectivity index (χ2v) is 6.33. The molecule has 0 radical (unpaired) electrons. The molecule has 4 rings (SSSR count). The molecule has 0 atom stereocenters. The van der Waals surface area contributed by atoms with Crippen LogP contribution >= 0.6 is 11.6 Å². The van der Waals surface area contributed by atoms with Gasteiger partial charge in [0.05, 0.1) is 27.9 Å². The molecule has 0 unspecified atom stereocenters. The molecule has 0 saturated heterocycles. The first-order valence-electron chi connectivity index (χ1n) is 7.91. The highest BCUT2D eigenvalue weighted by molar-refractivity contribution is 6.31. The fourth-order valence-corrected chi connectivity index (χ4v) is 3.07. The van der Waals surface area contributed by atoms with Crippen molar-refractivity contribution >= 4 is 22.5 Å². The maximum Gasteiger partial charge on any atom is 0.260 e. The summed E-state index contributed by atoms with van der Waals surface area (Å²) in [4.78, 5) is 21.1. The van der Waals surface area contributed by atoms with Gasteiger partial charge in [0.25, 0.3) is 5.56 Å². The van der Waals surface area contributed by atoms with E-state index in [9.17, 15) is 9.18 Å². The van der Waals surface area contributed by atoms with Crippen LogP contribution < -0.4 is 5.56 Å². The molecule has 26 heavy (non-hydrogen) atoms. The maximum absolute atomic E-state index is 13.5. The van der Waals surface area contributed by atoms with Crippen LogP contribution in [0.2, 0.25) is 5.02 Å². The van der Waals surface area contributed by atoms with E-state index in [0.717, 1.165) is 11.1 Å². The van der Waals surface area contributed by atoms with Gasteiger partial charge >= 0.3 is 0 Å². The van der Waals surface area contributed by atoms with E-state index in [1.807, 2.05) is 18.2 Å². The number of hydrogen-bond donors (Lipinski definition) is 0. The molecule has 0 N–H and O–H groups in total. The van der Waals surface area contributed by atoms with Gasteiger partial charge in [-0.05, 0) is 42.0 Å². The van der Waals surface area contributed by atoms with E-state index >= 15 is 0 Å². The number of rotatable bonds is 2. The van der Waals surface area contributed by atoms with Gasteiger partial charge in [0, 0.05) is 24.4 Å². The second-order valence-electron chi connectivity index (χ2n) is 5.92. The van der Waals surface area contributed by atoms with Gasteiger partial charge in [-0.15, -0.1) is 0 Å². The number of fused-ring (bicyclic) bond motifs is 1. The largest absolute Gasteiger partial charge is 0.302 e. The first-order chi connectivity index (χ1) is 12.5. The lowest BCUT2D eigenvalue weighted by Gasteiger charge is -2.10. The van der Waals surface area contributed by atoms with Gasteiger partial charge in [0.2, 0.25) is 0 Å². The van der Waals surface area contributed by atoms with Crippen molar-refractivity contribution < 1.29 is 4.39 Å². The third-order valence-electron chi connectivity index (χ3n) is 4.23. The average Bonchev–Trinajstić information content (AvgIpc) is 2.67. The van der Waals surface area contributed by atoms with Gasteiger partial charge in [0.1, 0.15) is 5.82 Å². The van der Waals surface area contributed by atoms with E-state index in [1.165, 1.54) is 17.0 Å². The lowest BCUT2D eigenvalue weighted by Crippen LogP contribution is -2.16. The van der Waals surface area contributed by atoms with Crippen LogP contribution in [0.4, 0.5) is 4.39 Å². The summed E-state index contributed by atoms with van der Waals surface area (Å²) < 4.78 is 14.9. The van der Waals surface area contributed by atoms with Gasteiger partial charge in [-0.25, -0.2) is 9.37 Å². The number of pyridine rings is 1. The third kappa shape index (κ3) is 2.76. The van der Waals surface area contributed by atoms with Crippen LogP contribution in [0.5, 0.6) is 0 Å². The molecule has 4 nitrogen and oxygen atoms in total. The summed E-state index contributed by atoms with van der Waals surface area (Å²) in [6, 6.07) is 13.7. The molecule has 0 bridgehead atoms. The predicted octanol–water partition coefficient (Wildman–Crippen LogP) is 4.46. The Labute approximate surface area is 153 Å². The fourth-order valence-electron chi connectivity index (χ4n) is 2.89. The van der Waals surface area contributed by atoms with Gasteiger partial charge in [-0.3, -0.25) is 9.78 Å². The summed E-state index contributed by atoms with van der Waals surface area (Å²) in [5.74, 6) is -0.479. The Kier molecular flexibility index (Phi) is 4.01. The molecule has 0 amide bonds. The quantitative estimate of drug-likeness (QED) is 0.527. The van der Waals surface area contributed by atoms with Crippen LogP contribution in [0, 0.1) is 5.82 Å². The monoisotopic (exact) mass is 365 g/mol. The van der Waals surface area contributed by atoms with Crippen molar-refractivity contribution in [3.05, 3.63) is 82.2 Å². The van der Waals surface area contributed by atoms with Crippen LogP contribution in [0.3, 0.4) is 0 Å². The Balaban J connectivity index is 1.94. The molecule has 0 spiro atoms. The fraction of sp³-hybridized carbons (Fsp3) is 0.0500. The van der Waals surface area contributed by atoms with Crippen molar-refractivity contribution in [2.45, 2.75) is 0 Å². The van der Waals surface area contributed by atoms with E-state index in [0.29, 0.717) is 22.2 Å². The molecule has 0 aliphatic heterocycles. The molecule has 0 saturated carbocycles. The Morgan fingerprint density at radius 1 is 1.04 bits per heavy atom. The van der Waals surface area contributed by atoms with Crippen LogP contribution in [-0.2, 0) is 7.05 Å². The highest BCUT2D eigenvalue weighted by atomic mass is 35.5. The number of halogens is 2. The molecular formula is C20H13ClFN3O. The molecule has 0 aliphatic carbocycles. The Morgan fingerprint density at radius 2 is 1.85 bits per heavy atom. The zero-order valence-electron chi connectivity index (χ0n) is 13.8. The molecule has 128 valence electrons. The average molecular weight is 366 g/mol. The number of aromatic nitrogens is 3. The zero-order chi connectivity index (χ0) is 18.3. The molecule has 0 aliphatic rings. The number of nitrogens with zero attached hydrogens (tertiary/aromatic N) is 3. The Hall–Kier alpha value is -3.05. The van der Waals surface area contributed by atoms with E-state index in [1.54, 1.807) is 37.5 Å². The van der Waals surface area contributed by atoms with Crippen molar-refractivity contribution in [1.29, 1.82) is 0 Å². The molecule has 6 heteroatoms. The van der Waals surface area contributed by atoms with Crippen LogP contribution in [0.25, 0.3) is 33.3 Å². The van der Waals surface area contributed by atoms with Crippen LogP contribution in [-0.4, -0.2) is 14.5 Å². The SMILES string of the molecule is Cn1cnc2ccc(-c3cccnc3-c3ccc(F)c(Cl)c3)cc2c1=O. The van der Waals surface area contributed by atoms with E-state index in [2.05, 4.69) is 9.97 Å². The topological polar surface area (TPSA) is 47.8 Å². The van der Waals surface area contributed by atoms with E-state index in [-0.39, 0.29) is 10.6 Å². The van der Waals surface area contributed by atoms with Gasteiger partial charge in [0.15, 0.2) is 0 Å². The third-order valence-corrected chi connectivity index (χ3v) is 4.52. The minimum atomic E-state index is -0.479. The first kappa shape index (κ1) is 16.4. The number of aryl methyl sites for hydroxylation is 1. The molecule has 0 fully saturated rings. The minimum absolute atomic E-state index is 0.0377. The lowest BCUT2D eigenvalue weighted by atomic mass is 9.98. The zero-order valence-corrected chi connectivity index (χ0v) is 14.5. The molecule has 2 aromatic heterocycles. The summed E-state index contributed by atoms with van der Waals surface area (Å²) >= 11 is 5.92. The van der Waals surface area contributed by atoms with Crippen molar-refractivity contribution in [2.75, 3.05) is 0 Å². The first-order valence-corrected chi connectivity index (χ1v) is 8.28. The summed E-state index contributed by atoms with van der Waals surface area (Å²) in [5, 5.41) is 0.565. The Morgan fingerprint density at radius 3 is 2.65 bits per heavy atom. The highest BCUT2D eigenvalue weighted by Crippen LogP contribution is 2.32. The highest BCUT2D eigenvalue weighted by Gasteiger charge is 2.12. The van der Waals surface area contributed by atoms with Crippen molar-refractivity contribution in [1.82, 2.24) is 14.5 Å². The smallest absolute Gasteiger partial charge is 0.260 e. The molecular weight excluding hydrogens is 353 g/mol. The van der Waals surface area contributed by atoms with E-state index < -0.39 is 5.82 Å². The second kappa shape index (κ2) is 6.35. The van der Waals surface area contributed by atoms with Crippen LogP contribution in [0.1, 0.15) is 0 Å². The summed E-state index contributed by atoms with van der Waals surface area (Å²) in [6.07, 6.45) is 3.16. The number of benzene rings is 2. The summed E-state index contributed by atoms with van der Waals surface area (Å²) in [6.45, 7) is 0. The minimum Gasteiger partial charge on any atom is -0.302 e. The van der Waals surface area contributed by atoms with Gasteiger partial charge < -0.3 is 4.57 Å². The van der Waals surface area contributed by atoms with Crippen molar-refractivity contribution in [3.63, 3.8) is 0 Å². The molecule has 2 aromatic carbocycles. The lowest BCUT2D eigenvalue weighted by molar-refractivity contribution is 0.628. The predicted molar refractivity (Wildman–Crippen MR) is 101 cm³/mol. The van der Waals surface area contributed by atoms with Crippen molar-refractivity contribution in [3.8, 4) is 22.4 Å². The Bertz CT molecular complexity index is 1200. The summed E-state index contributed by atoms with van der Waals surface area (Å²) in [5.41, 5.74) is 3.52. The van der Waals surface area contributed by atoms with Crippen LogP contribution in [0.15, 0.2) is 65.8 Å². The van der Waals surface area contributed by atoms with Gasteiger partial charge in [-0.1, -0.05) is 23.7 Å². The van der Waals surface area contributed by atoms with Crippen molar-refractivity contribution in [2.24, 2.45) is 7.05 Å². The van der Waals surface area contributed by atoms with Gasteiger partial charge in [-0.2, -0.15) is 0 Å². The standard InChI is InChI=1S/C20H13ClFN3O/c1-25-11-24-18-7-5-12(9-15(18)20(25)26)14-3-2-8-23-19(14)13-4-6-17(22)16(21)10-13/h2-11H,1H3. The van der Waals surface area contributed by atoms with E-state index in [4.69, 9.17) is 11.6 Å². The maximum atomic E-state index is 13.5.